The monoisotopic (exact) mass is 425 g/mol. The maximum atomic E-state index is 13.4. The summed E-state index contributed by atoms with van der Waals surface area (Å²) in [6.07, 6.45) is -1.53. The summed E-state index contributed by atoms with van der Waals surface area (Å²) in [5.74, 6) is -1.05. The van der Waals surface area contributed by atoms with E-state index in [0.29, 0.717) is 24.2 Å². The van der Waals surface area contributed by atoms with Gasteiger partial charge in [-0.1, -0.05) is 22.8 Å². The number of benzene rings is 1. The lowest BCUT2D eigenvalue weighted by Crippen LogP contribution is -2.26. The van der Waals surface area contributed by atoms with Gasteiger partial charge in [-0.3, -0.25) is 9.48 Å². The molecule has 11 heteroatoms. The van der Waals surface area contributed by atoms with Crippen molar-refractivity contribution in [2.24, 2.45) is 5.73 Å². The summed E-state index contributed by atoms with van der Waals surface area (Å²) >= 11 is 6.18. The molecule has 1 atom stereocenters. The van der Waals surface area contributed by atoms with E-state index in [-0.39, 0.29) is 16.6 Å². The highest BCUT2D eigenvalue weighted by atomic mass is 35.5. The molecule has 3 aromatic rings. The van der Waals surface area contributed by atoms with Crippen LogP contribution in [0.25, 0.3) is 11.6 Å². The zero-order valence-electron chi connectivity index (χ0n) is 15.1. The molecule has 0 bridgehead atoms. The number of halogens is 4. The molecule has 1 fully saturated rings. The SMILES string of the molecule is C[C@H](C(N)=O)n1nc(-c2nc(C3(c4ccc(F)cc4Cl)CC3)no2)cc1C(F)F. The number of alkyl halides is 2. The maximum Gasteiger partial charge on any atom is 0.280 e. The average molecular weight is 426 g/mol. The number of nitrogens with two attached hydrogens (primary N) is 1. The van der Waals surface area contributed by atoms with Gasteiger partial charge < -0.3 is 10.3 Å². The first-order valence-electron chi connectivity index (χ1n) is 8.70. The van der Waals surface area contributed by atoms with Gasteiger partial charge in [-0.05, 0) is 43.5 Å². The van der Waals surface area contributed by atoms with Gasteiger partial charge in [0, 0.05) is 5.02 Å². The summed E-state index contributed by atoms with van der Waals surface area (Å²) in [6, 6.07) is 4.07. The zero-order chi connectivity index (χ0) is 20.9. The topological polar surface area (TPSA) is 99.8 Å². The molecular formula is C18H15ClF3N5O2. The zero-order valence-corrected chi connectivity index (χ0v) is 15.8. The lowest BCUT2D eigenvalue weighted by Gasteiger charge is -2.12. The first-order chi connectivity index (χ1) is 13.7. The molecule has 29 heavy (non-hydrogen) atoms. The fourth-order valence-electron chi connectivity index (χ4n) is 3.24. The van der Waals surface area contributed by atoms with Gasteiger partial charge in [0.25, 0.3) is 12.3 Å². The first kappa shape index (κ1) is 19.4. The maximum absolute atomic E-state index is 13.4. The Balaban J connectivity index is 1.71. The molecule has 0 aliphatic heterocycles. The third-order valence-corrected chi connectivity index (χ3v) is 5.35. The minimum atomic E-state index is -2.88. The molecular weight excluding hydrogens is 411 g/mol. The Morgan fingerprint density at radius 3 is 2.66 bits per heavy atom. The lowest BCUT2D eigenvalue weighted by molar-refractivity contribution is -0.121. The number of primary amides is 1. The molecule has 1 amide bonds. The highest BCUT2D eigenvalue weighted by Gasteiger charge is 2.51. The molecule has 1 aliphatic carbocycles. The largest absolute Gasteiger partial charge is 0.368 e. The van der Waals surface area contributed by atoms with Crippen LogP contribution >= 0.6 is 11.6 Å². The smallest absolute Gasteiger partial charge is 0.280 e. The van der Waals surface area contributed by atoms with Crippen molar-refractivity contribution in [2.75, 3.05) is 0 Å². The summed E-state index contributed by atoms with van der Waals surface area (Å²) in [7, 11) is 0. The number of rotatable bonds is 6. The Morgan fingerprint density at radius 2 is 2.07 bits per heavy atom. The van der Waals surface area contributed by atoms with Crippen molar-refractivity contribution in [3.8, 4) is 11.6 Å². The predicted octanol–water partition coefficient (Wildman–Crippen LogP) is 3.79. The van der Waals surface area contributed by atoms with Crippen molar-refractivity contribution in [3.63, 3.8) is 0 Å². The normalized spacial score (nSPS) is 16.2. The van der Waals surface area contributed by atoms with Crippen LogP contribution in [-0.4, -0.2) is 25.8 Å². The van der Waals surface area contributed by atoms with Crippen LogP contribution in [0.5, 0.6) is 0 Å². The number of aromatic nitrogens is 4. The lowest BCUT2D eigenvalue weighted by atomic mass is 9.95. The van der Waals surface area contributed by atoms with Crippen molar-refractivity contribution in [1.29, 1.82) is 0 Å². The second-order valence-electron chi connectivity index (χ2n) is 6.91. The third kappa shape index (κ3) is 3.27. The van der Waals surface area contributed by atoms with Gasteiger partial charge >= 0.3 is 0 Å². The van der Waals surface area contributed by atoms with Crippen LogP contribution in [0.4, 0.5) is 13.2 Å². The molecule has 0 radical (unpaired) electrons. The third-order valence-electron chi connectivity index (χ3n) is 5.04. The van der Waals surface area contributed by atoms with Gasteiger partial charge in [-0.2, -0.15) is 10.1 Å². The standard InChI is InChI=1S/C18H15ClF3N5O2/c1-8(15(23)28)27-13(14(21)22)7-12(25-27)16-24-17(26-29-16)18(4-5-18)10-3-2-9(20)6-11(10)19/h2-3,6-8,14H,4-5H2,1H3,(H2,23,28)/t8-/m1/s1. The Kier molecular flexibility index (Phi) is 4.60. The summed E-state index contributed by atoms with van der Waals surface area (Å²) < 4.78 is 46.2. The molecule has 1 aliphatic rings. The fraction of sp³-hybridized carbons (Fsp3) is 0.333. The molecule has 152 valence electrons. The molecule has 0 spiro atoms. The minimum Gasteiger partial charge on any atom is -0.368 e. The Bertz CT molecular complexity index is 1090. The van der Waals surface area contributed by atoms with Gasteiger partial charge in [0.15, 0.2) is 11.5 Å². The Labute approximate surface area is 167 Å². The number of hydrogen-bond acceptors (Lipinski definition) is 5. The van der Waals surface area contributed by atoms with Crippen molar-refractivity contribution >= 4 is 17.5 Å². The molecule has 0 unspecified atom stereocenters. The predicted molar refractivity (Wildman–Crippen MR) is 95.8 cm³/mol. The molecule has 2 aromatic heterocycles. The van der Waals surface area contributed by atoms with Gasteiger partial charge in [-0.25, -0.2) is 13.2 Å². The first-order valence-corrected chi connectivity index (χ1v) is 9.08. The summed E-state index contributed by atoms with van der Waals surface area (Å²) in [5.41, 5.74) is 4.75. The van der Waals surface area contributed by atoms with E-state index in [0.717, 1.165) is 10.7 Å². The second kappa shape index (κ2) is 6.87. The highest BCUT2D eigenvalue weighted by Crippen LogP contribution is 2.54. The number of hydrogen-bond donors (Lipinski definition) is 1. The van der Waals surface area contributed by atoms with E-state index in [1.807, 2.05) is 0 Å². The number of nitrogens with zero attached hydrogens (tertiary/aromatic N) is 4. The van der Waals surface area contributed by atoms with Crippen LogP contribution in [0.15, 0.2) is 28.8 Å². The van der Waals surface area contributed by atoms with Crippen molar-refractivity contribution < 1.29 is 22.5 Å². The van der Waals surface area contributed by atoms with Crippen molar-refractivity contribution in [1.82, 2.24) is 19.9 Å². The van der Waals surface area contributed by atoms with Crippen LogP contribution in [0.1, 0.15) is 49.3 Å². The van der Waals surface area contributed by atoms with Crippen LogP contribution in [0, 0.1) is 5.82 Å². The van der Waals surface area contributed by atoms with Gasteiger partial charge in [0.05, 0.1) is 5.41 Å². The van der Waals surface area contributed by atoms with Crippen LogP contribution in [0.3, 0.4) is 0 Å². The van der Waals surface area contributed by atoms with E-state index in [1.165, 1.54) is 19.1 Å². The number of amides is 1. The molecule has 1 saturated carbocycles. The molecule has 4 rings (SSSR count). The Morgan fingerprint density at radius 1 is 1.34 bits per heavy atom. The van der Waals surface area contributed by atoms with Gasteiger partial charge in [-0.15, -0.1) is 0 Å². The minimum absolute atomic E-state index is 0.00634. The number of carbonyl (C=O) groups is 1. The van der Waals surface area contributed by atoms with Crippen molar-refractivity contribution in [2.45, 2.75) is 37.6 Å². The number of carbonyl (C=O) groups excluding carboxylic acids is 1. The van der Waals surface area contributed by atoms with Crippen LogP contribution in [0.2, 0.25) is 5.02 Å². The second-order valence-corrected chi connectivity index (χ2v) is 7.31. The molecule has 2 heterocycles. The van der Waals surface area contributed by atoms with Crippen molar-refractivity contribution in [3.05, 3.63) is 52.2 Å². The average Bonchev–Trinajstić information content (AvgIpc) is 3.12. The van der Waals surface area contributed by atoms with Crippen LogP contribution in [-0.2, 0) is 10.2 Å². The summed E-state index contributed by atoms with van der Waals surface area (Å²) in [5, 5.41) is 8.21. The van der Waals surface area contributed by atoms with E-state index in [9.17, 15) is 18.0 Å². The highest BCUT2D eigenvalue weighted by molar-refractivity contribution is 6.31. The Hall–Kier alpha value is -2.88. The van der Waals surface area contributed by atoms with E-state index >= 15 is 0 Å². The fourth-order valence-corrected chi connectivity index (χ4v) is 3.59. The van der Waals surface area contributed by atoms with E-state index in [1.54, 1.807) is 6.07 Å². The molecule has 7 nitrogen and oxygen atoms in total. The molecule has 1 aromatic carbocycles. The van der Waals surface area contributed by atoms with Crippen LogP contribution < -0.4 is 5.73 Å². The molecule has 0 saturated heterocycles. The quantitative estimate of drug-likeness (QED) is 0.647. The van der Waals surface area contributed by atoms with E-state index < -0.39 is 35.3 Å². The molecule has 2 N–H and O–H groups in total. The summed E-state index contributed by atoms with van der Waals surface area (Å²) in [6.45, 7) is 1.36. The van der Waals surface area contributed by atoms with E-state index in [4.69, 9.17) is 21.9 Å². The van der Waals surface area contributed by atoms with E-state index in [2.05, 4.69) is 15.2 Å². The van der Waals surface area contributed by atoms with Gasteiger partial charge in [0.1, 0.15) is 17.6 Å². The van der Waals surface area contributed by atoms with Gasteiger partial charge in [0.2, 0.25) is 5.91 Å². The summed E-state index contributed by atoms with van der Waals surface area (Å²) in [4.78, 5) is 15.7.